The first-order chi connectivity index (χ1) is 6.74. The number of carbonyl (C=O) groups excluding carboxylic acids is 2. The average molecular weight is 211 g/mol. The van der Waals surface area contributed by atoms with Crippen molar-refractivity contribution in [2.24, 2.45) is 10.8 Å². The van der Waals surface area contributed by atoms with Gasteiger partial charge in [0.2, 0.25) is 0 Å². The molecule has 1 unspecified atom stereocenters. The zero-order chi connectivity index (χ0) is 12.3. The van der Waals surface area contributed by atoms with Gasteiger partial charge in [-0.1, -0.05) is 13.8 Å². The number of ether oxygens (including phenoxy) is 1. The van der Waals surface area contributed by atoms with Crippen LogP contribution in [0.3, 0.4) is 0 Å². The molecule has 4 nitrogen and oxygen atoms in total. The second-order valence-electron chi connectivity index (χ2n) is 4.14. The van der Waals surface area contributed by atoms with Crippen LogP contribution >= 0.6 is 0 Å². The summed E-state index contributed by atoms with van der Waals surface area (Å²) >= 11 is 0. The molecule has 4 heteroatoms. The summed E-state index contributed by atoms with van der Waals surface area (Å²) in [5, 5.41) is 9.06. The number of hydrogen-bond donors (Lipinski definition) is 0. The number of carbonyl (C=O) groups is 2. The Kier molecular flexibility index (Phi) is 4.03. The molecule has 0 aromatic heterocycles. The maximum atomic E-state index is 11.7. The molecule has 0 saturated heterocycles. The zero-order valence-corrected chi connectivity index (χ0v) is 9.88. The summed E-state index contributed by atoms with van der Waals surface area (Å²) in [5.74, 6) is -0.854. The highest BCUT2D eigenvalue weighted by molar-refractivity contribution is 5.92. The number of ketones is 1. The third-order valence-corrected chi connectivity index (χ3v) is 3.04. The third kappa shape index (κ3) is 2.17. The van der Waals surface area contributed by atoms with E-state index in [0.717, 1.165) is 0 Å². The molecule has 1 atom stereocenters. The lowest BCUT2D eigenvalue weighted by atomic mass is 9.65. The fourth-order valence-corrected chi connectivity index (χ4v) is 1.07. The first-order valence-electron chi connectivity index (χ1n) is 4.83. The standard InChI is InChI=1S/C11H17NO3/c1-6-15-9(14)11(5,7-12)10(3,4)8(2)13/h6H2,1-5H3. The predicted octanol–water partition coefficient (Wildman–Crippen LogP) is 1.69. The van der Waals surface area contributed by atoms with E-state index in [0.29, 0.717) is 0 Å². The Morgan fingerprint density at radius 2 is 1.80 bits per heavy atom. The molecular weight excluding hydrogens is 194 g/mol. The molecule has 0 saturated carbocycles. The van der Waals surface area contributed by atoms with E-state index in [2.05, 4.69) is 0 Å². The van der Waals surface area contributed by atoms with E-state index in [4.69, 9.17) is 10.00 Å². The van der Waals surface area contributed by atoms with Crippen molar-refractivity contribution in [1.82, 2.24) is 0 Å². The van der Waals surface area contributed by atoms with Gasteiger partial charge in [-0.3, -0.25) is 9.59 Å². The summed E-state index contributed by atoms with van der Waals surface area (Å²) < 4.78 is 4.82. The molecule has 0 aliphatic heterocycles. The highest BCUT2D eigenvalue weighted by Crippen LogP contribution is 2.40. The third-order valence-electron chi connectivity index (χ3n) is 3.04. The summed E-state index contributed by atoms with van der Waals surface area (Å²) in [6.07, 6.45) is 0. The Morgan fingerprint density at radius 3 is 2.07 bits per heavy atom. The van der Waals surface area contributed by atoms with E-state index in [1.807, 2.05) is 6.07 Å². The van der Waals surface area contributed by atoms with Crippen molar-refractivity contribution in [1.29, 1.82) is 5.26 Å². The molecule has 0 N–H and O–H groups in total. The minimum absolute atomic E-state index is 0.199. The molecule has 0 aromatic rings. The normalized spacial score (nSPS) is 14.9. The Labute approximate surface area is 90.2 Å². The molecule has 0 fully saturated rings. The van der Waals surface area contributed by atoms with Crippen LogP contribution in [0.25, 0.3) is 0 Å². The molecule has 0 spiro atoms. The van der Waals surface area contributed by atoms with Gasteiger partial charge in [-0.15, -0.1) is 0 Å². The number of nitrogens with zero attached hydrogens (tertiary/aromatic N) is 1. The van der Waals surface area contributed by atoms with Crippen LogP contribution in [0, 0.1) is 22.2 Å². The van der Waals surface area contributed by atoms with Crippen LogP contribution in [0.1, 0.15) is 34.6 Å². The van der Waals surface area contributed by atoms with Crippen LogP contribution in [-0.2, 0) is 14.3 Å². The molecule has 0 aliphatic carbocycles. The fourth-order valence-electron chi connectivity index (χ4n) is 1.07. The number of hydrogen-bond acceptors (Lipinski definition) is 4. The van der Waals surface area contributed by atoms with Crippen LogP contribution in [0.5, 0.6) is 0 Å². The lowest BCUT2D eigenvalue weighted by Crippen LogP contribution is -2.46. The van der Waals surface area contributed by atoms with Crippen LogP contribution in [0.2, 0.25) is 0 Å². The second kappa shape index (κ2) is 4.43. The van der Waals surface area contributed by atoms with Crippen LogP contribution in [0.4, 0.5) is 0 Å². The van der Waals surface area contributed by atoms with Crippen molar-refractivity contribution in [3.05, 3.63) is 0 Å². The van der Waals surface area contributed by atoms with E-state index in [1.165, 1.54) is 13.8 Å². The van der Waals surface area contributed by atoms with Gasteiger partial charge in [0.25, 0.3) is 0 Å². The lowest BCUT2D eigenvalue weighted by molar-refractivity contribution is -0.160. The van der Waals surface area contributed by atoms with Gasteiger partial charge >= 0.3 is 5.97 Å². The zero-order valence-electron chi connectivity index (χ0n) is 9.88. The van der Waals surface area contributed by atoms with Gasteiger partial charge in [0.1, 0.15) is 5.78 Å². The maximum absolute atomic E-state index is 11.7. The molecule has 0 aromatic carbocycles. The Balaban J connectivity index is 5.29. The monoisotopic (exact) mass is 211 g/mol. The van der Waals surface area contributed by atoms with E-state index in [9.17, 15) is 9.59 Å². The Morgan fingerprint density at radius 1 is 1.33 bits per heavy atom. The molecule has 0 amide bonds. The summed E-state index contributed by atoms with van der Waals surface area (Å²) in [6.45, 7) is 7.83. The molecule has 84 valence electrons. The van der Waals surface area contributed by atoms with E-state index in [-0.39, 0.29) is 12.4 Å². The molecule has 0 bridgehead atoms. The molecular formula is C11H17NO3. The Bertz CT molecular complexity index is 314. The van der Waals surface area contributed by atoms with Gasteiger partial charge in [0.15, 0.2) is 5.41 Å². The topological polar surface area (TPSA) is 67.2 Å². The smallest absolute Gasteiger partial charge is 0.327 e. The largest absolute Gasteiger partial charge is 0.465 e. The second-order valence-corrected chi connectivity index (χ2v) is 4.14. The molecule has 0 heterocycles. The SMILES string of the molecule is CCOC(=O)C(C)(C#N)C(C)(C)C(C)=O. The number of Topliss-reactive ketones (excluding diaryl/α,β-unsaturated/α-hetero) is 1. The molecule has 15 heavy (non-hydrogen) atoms. The van der Waals surface area contributed by atoms with Gasteiger partial charge in [-0.2, -0.15) is 5.26 Å². The number of nitriles is 1. The van der Waals surface area contributed by atoms with Crippen molar-refractivity contribution < 1.29 is 14.3 Å². The summed E-state index contributed by atoms with van der Waals surface area (Å²) in [4.78, 5) is 23.1. The van der Waals surface area contributed by atoms with Crippen LogP contribution in [0.15, 0.2) is 0 Å². The number of rotatable bonds is 4. The minimum atomic E-state index is -1.44. The van der Waals surface area contributed by atoms with E-state index < -0.39 is 16.8 Å². The van der Waals surface area contributed by atoms with Crippen LogP contribution in [-0.4, -0.2) is 18.4 Å². The van der Waals surface area contributed by atoms with Crippen LogP contribution < -0.4 is 0 Å². The van der Waals surface area contributed by atoms with Gasteiger partial charge in [-0.25, -0.2) is 0 Å². The average Bonchev–Trinajstić information content (AvgIpc) is 2.16. The van der Waals surface area contributed by atoms with Gasteiger partial charge in [0, 0.05) is 0 Å². The molecule has 0 radical (unpaired) electrons. The highest BCUT2D eigenvalue weighted by Gasteiger charge is 2.52. The van der Waals surface area contributed by atoms with Crippen molar-refractivity contribution in [2.45, 2.75) is 34.6 Å². The first-order valence-corrected chi connectivity index (χ1v) is 4.83. The highest BCUT2D eigenvalue weighted by atomic mass is 16.5. The van der Waals surface area contributed by atoms with Crippen molar-refractivity contribution in [3.8, 4) is 6.07 Å². The van der Waals surface area contributed by atoms with E-state index >= 15 is 0 Å². The number of esters is 1. The van der Waals surface area contributed by atoms with Gasteiger partial charge < -0.3 is 4.74 Å². The Hall–Kier alpha value is -1.37. The maximum Gasteiger partial charge on any atom is 0.327 e. The summed E-state index contributed by atoms with van der Waals surface area (Å²) in [5.41, 5.74) is -2.48. The molecule has 0 rings (SSSR count). The summed E-state index contributed by atoms with van der Waals surface area (Å²) in [6, 6.07) is 1.89. The predicted molar refractivity (Wildman–Crippen MR) is 54.8 cm³/mol. The van der Waals surface area contributed by atoms with Gasteiger partial charge in [0.05, 0.1) is 18.1 Å². The van der Waals surface area contributed by atoms with Crippen molar-refractivity contribution >= 4 is 11.8 Å². The first kappa shape index (κ1) is 13.6. The summed E-state index contributed by atoms with van der Waals surface area (Å²) in [7, 11) is 0. The minimum Gasteiger partial charge on any atom is -0.465 e. The van der Waals surface area contributed by atoms with Crippen molar-refractivity contribution in [2.75, 3.05) is 6.61 Å². The fraction of sp³-hybridized carbons (Fsp3) is 0.727. The quantitative estimate of drug-likeness (QED) is 0.664. The molecule has 0 aliphatic rings. The van der Waals surface area contributed by atoms with E-state index in [1.54, 1.807) is 20.8 Å². The lowest BCUT2D eigenvalue weighted by Gasteiger charge is -2.34. The van der Waals surface area contributed by atoms with Crippen molar-refractivity contribution in [3.63, 3.8) is 0 Å². The van der Waals surface area contributed by atoms with Gasteiger partial charge in [-0.05, 0) is 20.8 Å².